The number of hydrogen-bond acceptors (Lipinski definition) is 4. The highest BCUT2D eigenvalue weighted by atomic mass is 16.7. The predicted molar refractivity (Wildman–Crippen MR) is 66.1 cm³/mol. The minimum Gasteiger partial charge on any atom is -0.273 e. The van der Waals surface area contributed by atoms with Crippen molar-refractivity contribution in [3.63, 3.8) is 0 Å². The van der Waals surface area contributed by atoms with Gasteiger partial charge < -0.3 is 0 Å². The van der Waals surface area contributed by atoms with E-state index in [-0.39, 0.29) is 17.2 Å². The van der Waals surface area contributed by atoms with Crippen molar-refractivity contribution in [2.75, 3.05) is 6.61 Å². The van der Waals surface area contributed by atoms with E-state index in [1.54, 1.807) is 19.1 Å². The van der Waals surface area contributed by atoms with Gasteiger partial charge in [-0.15, -0.1) is 0 Å². The molecule has 0 aliphatic carbocycles. The average molecular weight is 252 g/mol. The zero-order valence-electron chi connectivity index (χ0n) is 10.6. The van der Waals surface area contributed by atoms with E-state index in [4.69, 9.17) is 4.84 Å². The number of nitrogens with one attached hydrogen (secondary N) is 1. The largest absolute Gasteiger partial charge is 0.282 e. The highest BCUT2D eigenvalue weighted by molar-refractivity contribution is 5.98. The molecule has 0 fully saturated rings. The van der Waals surface area contributed by atoms with Gasteiger partial charge >= 0.3 is 0 Å². The maximum Gasteiger partial charge on any atom is 0.282 e. The Bertz CT molecular complexity index is 457. The van der Waals surface area contributed by atoms with Crippen molar-refractivity contribution in [1.82, 2.24) is 5.48 Å². The summed E-state index contributed by atoms with van der Waals surface area (Å²) in [5, 5.41) is 10.8. The molecule has 0 radical (unpaired) electrons. The summed E-state index contributed by atoms with van der Waals surface area (Å²) in [5.41, 5.74) is 2.57. The summed E-state index contributed by atoms with van der Waals surface area (Å²) in [5.74, 6) is -0.336. The fraction of sp³-hybridized carbons (Fsp3) is 0.417. The molecule has 0 bridgehead atoms. The molecule has 1 amide bonds. The highest BCUT2D eigenvalue weighted by Crippen LogP contribution is 2.21. The van der Waals surface area contributed by atoms with Crippen molar-refractivity contribution in [2.45, 2.75) is 20.8 Å². The molecule has 18 heavy (non-hydrogen) atoms. The van der Waals surface area contributed by atoms with Gasteiger partial charge in [-0.1, -0.05) is 26.0 Å². The molecule has 98 valence electrons. The lowest BCUT2D eigenvalue weighted by Crippen LogP contribution is -2.27. The number of carbonyl (C=O) groups excluding carboxylic acids is 1. The lowest BCUT2D eigenvalue weighted by Gasteiger charge is -2.09. The van der Waals surface area contributed by atoms with Crippen molar-refractivity contribution < 1.29 is 14.6 Å². The van der Waals surface area contributed by atoms with Crippen molar-refractivity contribution in [3.05, 3.63) is 39.4 Å². The van der Waals surface area contributed by atoms with Crippen LogP contribution in [-0.4, -0.2) is 17.4 Å². The number of nitro groups is 1. The molecular formula is C12H16N2O4. The van der Waals surface area contributed by atoms with Crippen LogP contribution in [0.1, 0.15) is 29.8 Å². The second-order valence-electron chi connectivity index (χ2n) is 4.36. The zero-order chi connectivity index (χ0) is 13.7. The molecule has 0 atom stereocenters. The number of hydrogen-bond donors (Lipinski definition) is 1. The molecule has 0 aliphatic heterocycles. The van der Waals surface area contributed by atoms with E-state index in [2.05, 4.69) is 5.48 Å². The van der Waals surface area contributed by atoms with Crippen LogP contribution in [-0.2, 0) is 4.84 Å². The first-order valence-corrected chi connectivity index (χ1v) is 5.59. The van der Waals surface area contributed by atoms with Crippen LogP contribution in [0.4, 0.5) is 5.69 Å². The Hall–Kier alpha value is -1.95. The smallest absolute Gasteiger partial charge is 0.273 e. The Kier molecular flexibility index (Phi) is 4.79. The predicted octanol–water partition coefficient (Wildman–Crippen LogP) is 2.22. The van der Waals surface area contributed by atoms with E-state index < -0.39 is 10.8 Å². The minimum absolute atomic E-state index is 0.0336. The van der Waals surface area contributed by atoms with E-state index in [0.717, 1.165) is 0 Å². The monoisotopic (exact) mass is 252 g/mol. The summed E-state index contributed by atoms with van der Waals surface area (Å²) in [6.07, 6.45) is 0. The summed E-state index contributed by atoms with van der Waals surface area (Å²) in [4.78, 5) is 27.1. The Morgan fingerprint density at radius 3 is 2.72 bits per heavy atom. The molecule has 0 saturated carbocycles. The van der Waals surface area contributed by atoms with Crippen LogP contribution >= 0.6 is 0 Å². The van der Waals surface area contributed by atoms with Gasteiger partial charge in [-0.25, -0.2) is 5.48 Å². The van der Waals surface area contributed by atoms with Gasteiger partial charge in [0.25, 0.3) is 11.6 Å². The average Bonchev–Trinajstić information content (AvgIpc) is 2.27. The molecule has 1 rings (SSSR count). The third-order valence-corrected chi connectivity index (χ3v) is 2.26. The maximum atomic E-state index is 11.8. The van der Waals surface area contributed by atoms with Gasteiger partial charge in [0.1, 0.15) is 5.56 Å². The molecule has 6 heteroatoms. The quantitative estimate of drug-likeness (QED) is 0.643. The van der Waals surface area contributed by atoms with E-state index in [9.17, 15) is 14.9 Å². The van der Waals surface area contributed by atoms with Crippen LogP contribution in [0, 0.1) is 23.0 Å². The van der Waals surface area contributed by atoms with Crippen molar-refractivity contribution in [1.29, 1.82) is 0 Å². The Morgan fingerprint density at radius 2 is 2.17 bits per heavy atom. The topological polar surface area (TPSA) is 81.5 Å². The van der Waals surface area contributed by atoms with E-state index in [1.165, 1.54) is 6.07 Å². The number of carbonyl (C=O) groups is 1. The van der Waals surface area contributed by atoms with Crippen LogP contribution in [0.2, 0.25) is 0 Å². The first kappa shape index (κ1) is 14.1. The first-order chi connectivity index (χ1) is 8.43. The molecular weight excluding hydrogens is 236 g/mol. The number of amides is 1. The van der Waals surface area contributed by atoms with Gasteiger partial charge in [-0.3, -0.25) is 19.7 Å². The number of hydroxylamine groups is 1. The molecule has 0 saturated heterocycles. The maximum absolute atomic E-state index is 11.8. The number of rotatable bonds is 5. The Morgan fingerprint density at radius 1 is 1.50 bits per heavy atom. The molecule has 0 aliphatic rings. The fourth-order valence-corrected chi connectivity index (χ4v) is 1.42. The number of benzene rings is 1. The third kappa shape index (κ3) is 3.53. The fourth-order valence-electron chi connectivity index (χ4n) is 1.42. The third-order valence-electron chi connectivity index (χ3n) is 2.26. The standard InChI is InChI=1S/C12H16N2O4/c1-8(2)7-18-13-12(15)11-9(3)5-4-6-10(11)14(16)17/h4-6,8H,7H2,1-3H3,(H,13,15). The lowest BCUT2D eigenvalue weighted by atomic mass is 10.1. The van der Waals surface area contributed by atoms with E-state index in [1.807, 2.05) is 13.8 Å². The molecule has 1 aromatic rings. The number of aryl methyl sites for hydroxylation is 1. The second-order valence-corrected chi connectivity index (χ2v) is 4.36. The van der Waals surface area contributed by atoms with E-state index in [0.29, 0.717) is 12.2 Å². The number of nitro benzene ring substituents is 1. The first-order valence-electron chi connectivity index (χ1n) is 5.59. The summed E-state index contributed by atoms with van der Waals surface area (Å²) in [7, 11) is 0. The van der Waals surface area contributed by atoms with Gasteiger partial charge in [-0.05, 0) is 18.4 Å². The molecule has 1 N–H and O–H groups in total. The second kappa shape index (κ2) is 6.11. The van der Waals surface area contributed by atoms with Gasteiger partial charge in [0.15, 0.2) is 0 Å². The summed E-state index contributed by atoms with van der Waals surface area (Å²) >= 11 is 0. The highest BCUT2D eigenvalue weighted by Gasteiger charge is 2.22. The van der Waals surface area contributed by atoms with Crippen LogP contribution in [0.15, 0.2) is 18.2 Å². The van der Waals surface area contributed by atoms with Crippen molar-refractivity contribution >= 4 is 11.6 Å². The lowest BCUT2D eigenvalue weighted by molar-refractivity contribution is -0.385. The van der Waals surface area contributed by atoms with Crippen LogP contribution < -0.4 is 5.48 Å². The van der Waals surface area contributed by atoms with Gasteiger partial charge in [-0.2, -0.15) is 0 Å². The van der Waals surface area contributed by atoms with Crippen LogP contribution in [0.3, 0.4) is 0 Å². The van der Waals surface area contributed by atoms with Crippen LogP contribution in [0.25, 0.3) is 0 Å². The summed E-state index contributed by atoms with van der Waals surface area (Å²) in [6.45, 7) is 5.86. The van der Waals surface area contributed by atoms with E-state index >= 15 is 0 Å². The minimum atomic E-state index is -0.597. The molecule has 0 heterocycles. The zero-order valence-corrected chi connectivity index (χ0v) is 10.6. The Labute approximate surface area is 105 Å². The molecule has 6 nitrogen and oxygen atoms in total. The molecule has 0 spiro atoms. The summed E-state index contributed by atoms with van der Waals surface area (Å²) < 4.78 is 0. The summed E-state index contributed by atoms with van der Waals surface area (Å²) in [6, 6.07) is 4.48. The van der Waals surface area contributed by atoms with Crippen molar-refractivity contribution in [2.24, 2.45) is 5.92 Å². The number of nitrogens with zero attached hydrogens (tertiary/aromatic N) is 1. The van der Waals surface area contributed by atoms with Crippen molar-refractivity contribution in [3.8, 4) is 0 Å². The van der Waals surface area contributed by atoms with Gasteiger partial charge in [0.05, 0.1) is 11.5 Å². The molecule has 0 aromatic heterocycles. The molecule has 0 unspecified atom stereocenters. The van der Waals surface area contributed by atoms with Gasteiger partial charge in [0, 0.05) is 6.07 Å². The SMILES string of the molecule is Cc1cccc([N+](=O)[O-])c1C(=O)NOCC(C)C. The van der Waals surface area contributed by atoms with Gasteiger partial charge in [0.2, 0.25) is 0 Å². The normalized spacial score (nSPS) is 10.4. The molecule has 1 aromatic carbocycles. The Balaban J connectivity index is 2.88. The van der Waals surface area contributed by atoms with Crippen LogP contribution in [0.5, 0.6) is 0 Å².